The summed E-state index contributed by atoms with van der Waals surface area (Å²) in [7, 11) is 1.83. The molecule has 1 aliphatic rings. The summed E-state index contributed by atoms with van der Waals surface area (Å²) >= 11 is 12.3. The second-order valence-corrected chi connectivity index (χ2v) is 11.0. The van der Waals surface area contributed by atoms with Gasteiger partial charge < -0.3 is 5.32 Å². The van der Waals surface area contributed by atoms with Crippen LogP contribution in [0.3, 0.4) is 0 Å². The molecule has 1 aromatic carbocycles. The first-order valence-corrected chi connectivity index (χ1v) is 14.3. The van der Waals surface area contributed by atoms with Crippen LogP contribution in [-0.2, 0) is 11.8 Å². The highest BCUT2D eigenvalue weighted by Crippen LogP contribution is 2.33. The topological polar surface area (TPSA) is 125 Å². The van der Waals surface area contributed by atoms with Gasteiger partial charge in [-0.3, -0.25) is 23.8 Å². The lowest BCUT2D eigenvalue weighted by molar-refractivity contribution is -0.120. The molecule has 1 N–H and O–H groups in total. The molecule has 5 aromatic rings. The van der Waals surface area contributed by atoms with E-state index >= 15 is 0 Å². The van der Waals surface area contributed by atoms with Gasteiger partial charge in [-0.1, -0.05) is 41.8 Å². The lowest BCUT2D eigenvalue weighted by atomic mass is 9.94. The minimum atomic E-state index is -0.399. The highest BCUT2D eigenvalue weighted by atomic mass is 35.5. The van der Waals surface area contributed by atoms with Crippen molar-refractivity contribution in [2.75, 3.05) is 5.32 Å². The van der Waals surface area contributed by atoms with E-state index in [-0.39, 0.29) is 22.5 Å². The third-order valence-corrected chi connectivity index (χ3v) is 8.01. The molecular formula is C29H27Cl2N9O2. The van der Waals surface area contributed by atoms with E-state index in [0.29, 0.717) is 53.3 Å². The largest absolute Gasteiger partial charge is 0.323 e. The maximum Gasteiger partial charge on any atom is 0.254 e. The molecule has 2 atom stereocenters. The minimum Gasteiger partial charge on any atom is -0.323 e. The van der Waals surface area contributed by atoms with Gasteiger partial charge in [-0.2, -0.15) is 5.10 Å². The number of pyridine rings is 1. The van der Waals surface area contributed by atoms with E-state index in [1.807, 2.05) is 26.1 Å². The third kappa shape index (κ3) is 5.33. The molecule has 0 saturated heterocycles. The zero-order chi connectivity index (χ0) is 29.4. The number of carbonyl (C=O) groups excluding carboxylic acids is 1. The fourth-order valence-electron chi connectivity index (χ4n) is 5.46. The number of anilines is 1. The molecule has 6 rings (SSSR count). The first-order chi connectivity index (χ1) is 20.3. The molecule has 0 saturated carbocycles. The van der Waals surface area contributed by atoms with Gasteiger partial charge in [0.25, 0.3) is 5.56 Å². The number of benzene rings is 1. The van der Waals surface area contributed by atoms with Crippen LogP contribution in [0.1, 0.15) is 44.3 Å². The Bertz CT molecular complexity index is 1840. The highest BCUT2D eigenvalue weighted by molar-refractivity contribution is 6.31. The smallest absolute Gasteiger partial charge is 0.254 e. The Morgan fingerprint density at radius 1 is 1.07 bits per heavy atom. The highest BCUT2D eigenvalue weighted by Gasteiger charge is 2.25. The number of aromatic nitrogens is 8. The van der Waals surface area contributed by atoms with E-state index in [0.717, 1.165) is 17.0 Å². The van der Waals surface area contributed by atoms with Gasteiger partial charge in [0.15, 0.2) is 5.15 Å². The summed E-state index contributed by atoms with van der Waals surface area (Å²) in [5.41, 5.74) is 4.37. The van der Waals surface area contributed by atoms with E-state index in [2.05, 4.69) is 30.7 Å². The van der Waals surface area contributed by atoms with Crippen LogP contribution in [0, 0.1) is 5.92 Å². The molecule has 2 bridgehead atoms. The van der Waals surface area contributed by atoms with Crippen molar-refractivity contribution in [3.8, 4) is 28.2 Å². The van der Waals surface area contributed by atoms with Crippen molar-refractivity contribution in [3.63, 3.8) is 0 Å². The minimum absolute atomic E-state index is 0.0349. The van der Waals surface area contributed by atoms with E-state index in [1.54, 1.807) is 52.4 Å². The Morgan fingerprint density at radius 3 is 2.69 bits per heavy atom. The molecule has 5 heterocycles. The average Bonchev–Trinajstić information content (AvgIpc) is 3.57. The Hall–Kier alpha value is -4.35. The third-order valence-electron chi connectivity index (χ3n) is 7.60. The monoisotopic (exact) mass is 603 g/mol. The van der Waals surface area contributed by atoms with Gasteiger partial charge in [-0.15, -0.1) is 5.10 Å². The number of rotatable bonds is 4. The molecule has 0 unspecified atom stereocenters. The summed E-state index contributed by atoms with van der Waals surface area (Å²) in [4.78, 5) is 36.2. The van der Waals surface area contributed by atoms with Crippen LogP contribution in [0.2, 0.25) is 10.2 Å². The molecule has 4 aromatic heterocycles. The number of carbonyl (C=O) groups is 1. The fourth-order valence-corrected chi connectivity index (χ4v) is 5.76. The van der Waals surface area contributed by atoms with Crippen molar-refractivity contribution >= 4 is 34.8 Å². The van der Waals surface area contributed by atoms with Gasteiger partial charge >= 0.3 is 0 Å². The average molecular weight is 605 g/mol. The molecule has 1 amide bonds. The van der Waals surface area contributed by atoms with E-state index in [9.17, 15) is 9.59 Å². The van der Waals surface area contributed by atoms with Crippen molar-refractivity contribution in [2.45, 2.75) is 38.6 Å². The molecule has 1 aliphatic heterocycles. The lowest BCUT2D eigenvalue weighted by Crippen LogP contribution is -2.27. The molecule has 42 heavy (non-hydrogen) atoms. The van der Waals surface area contributed by atoms with Gasteiger partial charge in [0.2, 0.25) is 5.91 Å². The standard InChI is InChI=1S/C29H27Cl2N9O2/c1-3-17-5-4-6-25(22-11-18(9-10-32-22)28-23(35-29(17)42)14-34-38(28)2)39-16-33-21(13-27(39)41)20-12-19(30)7-8-24(20)40-15-26(31)36-37-40/h7-17,25H,3-6H2,1-2H3,(H,35,42)/t17-,25+/m1/s1. The lowest BCUT2D eigenvalue weighted by Gasteiger charge is -2.23. The van der Waals surface area contributed by atoms with Crippen molar-refractivity contribution < 1.29 is 4.79 Å². The predicted molar refractivity (Wildman–Crippen MR) is 160 cm³/mol. The van der Waals surface area contributed by atoms with Crippen LogP contribution in [0.5, 0.6) is 0 Å². The number of hydrogen-bond donors (Lipinski definition) is 1. The normalized spacial score (nSPS) is 17.2. The Morgan fingerprint density at radius 2 is 1.93 bits per heavy atom. The van der Waals surface area contributed by atoms with Gasteiger partial charge in [0, 0.05) is 41.4 Å². The number of nitrogens with zero attached hydrogens (tertiary/aromatic N) is 8. The van der Waals surface area contributed by atoms with Crippen LogP contribution >= 0.6 is 23.2 Å². The molecule has 11 nitrogen and oxygen atoms in total. The zero-order valence-electron chi connectivity index (χ0n) is 22.9. The first-order valence-electron chi connectivity index (χ1n) is 13.6. The number of aryl methyl sites for hydroxylation is 1. The predicted octanol–water partition coefficient (Wildman–Crippen LogP) is 5.33. The maximum atomic E-state index is 13.7. The zero-order valence-corrected chi connectivity index (χ0v) is 24.4. The summed E-state index contributed by atoms with van der Waals surface area (Å²) < 4.78 is 4.84. The van der Waals surface area contributed by atoms with Crippen molar-refractivity contribution in [1.29, 1.82) is 0 Å². The van der Waals surface area contributed by atoms with Crippen molar-refractivity contribution in [3.05, 3.63) is 87.5 Å². The van der Waals surface area contributed by atoms with Crippen molar-refractivity contribution in [1.82, 2.24) is 39.3 Å². The maximum absolute atomic E-state index is 13.7. The van der Waals surface area contributed by atoms with Gasteiger partial charge in [-0.05, 0) is 49.6 Å². The SMILES string of the molecule is CC[C@@H]1CCC[C@H](n2cnc(-c3cc(Cl)ccc3-n3cc(Cl)nn3)cc2=O)c2cc(ccn2)-c2c(cnn2C)NC1=O. The van der Waals surface area contributed by atoms with Crippen LogP contribution in [0.4, 0.5) is 5.69 Å². The molecule has 0 spiro atoms. The van der Waals surface area contributed by atoms with Gasteiger partial charge in [0.1, 0.15) is 0 Å². The van der Waals surface area contributed by atoms with Gasteiger partial charge in [0.05, 0.1) is 53.2 Å². The summed E-state index contributed by atoms with van der Waals surface area (Å²) in [6, 6.07) is 10.1. The number of halogens is 2. The molecule has 214 valence electrons. The molecule has 0 aliphatic carbocycles. The van der Waals surface area contributed by atoms with E-state index in [4.69, 9.17) is 23.2 Å². The Kier molecular flexibility index (Phi) is 7.61. The van der Waals surface area contributed by atoms with E-state index in [1.165, 1.54) is 10.7 Å². The number of amides is 1. The number of fused-ring (bicyclic) bond motifs is 4. The Labute approximate surface area is 251 Å². The summed E-state index contributed by atoms with van der Waals surface area (Å²) in [6.07, 6.45) is 9.16. The van der Waals surface area contributed by atoms with E-state index < -0.39 is 6.04 Å². The van der Waals surface area contributed by atoms with Crippen LogP contribution in [0.15, 0.2) is 66.1 Å². The second kappa shape index (κ2) is 11.5. The molecular weight excluding hydrogens is 577 g/mol. The van der Waals surface area contributed by atoms with Gasteiger partial charge in [-0.25, -0.2) is 9.67 Å². The van der Waals surface area contributed by atoms with Crippen LogP contribution < -0.4 is 10.9 Å². The van der Waals surface area contributed by atoms with Crippen LogP contribution in [-0.4, -0.2) is 45.2 Å². The number of nitrogens with one attached hydrogen (secondary N) is 1. The van der Waals surface area contributed by atoms with Crippen molar-refractivity contribution in [2.24, 2.45) is 13.0 Å². The summed E-state index contributed by atoms with van der Waals surface area (Å²) in [6.45, 7) is 2.01. The Balaban J connectivity index is 1.44. The molecule has 0 radical (unpaired) electrons. The quantitative estimate of drug-likeness (QED) is 0.294. The first kappa shape index (κ1) is 27.8. The number of hydrogen-bond acceptors (Lipinski definition) is 7. The second-order valence-electron chi connectivity index (χ2n) is 10.2. The summed E-state index contributed by atoms with van der Waals surface area (Å²) in [5.74, 6) is -0.208. The molecule has 13 heteroatoms. The summed E-state index contributed by atoms with van der Waals surface area (Å²) in [5, 5.41) is 16.1. The molecule has 0 fully saturated rings. The van der Waals surface area contributed by atoms with Crippen LogP contribution in [0.25, 0.3) is 28.2 Å². The fraction of sp³-hybridized carbons (Fsp3) is 0.276.